The molecule has 7 rings (SSSR count). The summed E-state index contributed by atoms with van der Waals surface area (Å²) in [5.74, 6) is -2.22. The molecule has 1 heterocycles. The highest BCUT2D eigenvalue weighted by molar-refractivity contribution is 9.09. The minimum atomic E-state index is -0.795. The summed E-state index contributed by atoms with van der Waals surface area (Å²) >= 11 is 4.01. The van der Waals surface area contributed by atoms with Crippen molar-refractivity contribution in [1.82, 2.24) is 0 Å². The fraction of sp³-hybridized carbons (Fsp3) is 0.300. The molecule has 5 nitrogen and oxygen atoms in total. The molecule has 0 radical (unpaired) electrons. The van der Waals surface area contributed by atoms with Crippen LogP contribution in [0.25, 0.3) is 0 Å². The van der Waals surface area contributed by atoms with E-state index in [0.29, 0.717) is 17.9 Å². The molecule has 1 fully saturated rings. The van der Waals surface area contributed by atoms with E-state index in [9.17, 15) is 14.4 Å². The van der Waals surface area contributed by atoms with Gasteiger partial charge in [0.05, 0.1) is 34.0 Å². The molecule has 3 aliphatic carbocycles. The first-order valence-electron chi connectivity index (χ1n) is 12.5. The lowest BCUT2D eigenvalue weighted by Crippen LogP contribution is -2.50. The number of halogens is 1. The molecule has 36 heavy (non-hydrogen) atoms. The van der Waals surface area contributed by atoms with Crippen molar-refractivity contribution in [2.45, 2.75) is 36.4 Å². The summed E-state index contributed by atoms with van der Waals surface area (Å²) in [6.45, 7) is 2.44. The smallest absolute Gasteiger partial charge is 0.338 e. The van der Waals surface area contributed by atoms with Gasteiger partial charge >= 0.3 is 5.97 Å². The molecule has 1 saturated heterocycles. The average Bonchev–Trinajstić information content (AvgIpc) is 3.18. The first-order valence-corrected chi connectivity index (χ1v) is 13.3. The van der Waals surface area contributed by atoms with Gasteiger partial charge in [0.15, 0.2) is 0 Å². The number of anilines is 1. The first kappa shape index (κ1) is 23.2. The molecule has 4 aliphatic rings. The molecule has 182 valence electrons. The Morgan fingerprint density at radius 2 is 1.58 bits per heavy atom. The lowest BCUT2D eigenvalue weighted by atomic mass is 9.55. The highest BCUT2D eigenvalue weighted by Crippen LogP contribution is 2.66. The van der Waals surface area contributed by atoms with Gasteiger partial charge in [-0.3, -0.25) is 9.59 Å². The van der Waals surface area contributed by atoms with Crippen LogP contribution < -0.4 is 4.90 Å². The minimum Gasteiger partial charge on any atom is -0.462 e. The molecule has 0 saturated carbocycles. The highest BCUT2D eigenvalue weighted by atomic mass is 79.9. The Labute approximate surface area is 218 Å². The van der Waals surface area contributed by atoms with Crippen LogP contribution in [0, 0.1) is 11.8 Å². The molecule has 0 spiro atoms. The summed E-state index contributed by atoms with van der Waals surface area (Å²) in [7, 11) is 0. The molecular formula is C30H26BrNO4. The number of ether oxygens (including phenoxy) is 1. The van der Waals surface area contributed by atoms with Gasteiger partial charge in [0.2, 0.25) is 11.8 Å². The number of esters is 1. The van der Waals surface area contributed by atoms with Gasteiger partial charge in [0.1, 0.15) is 0 Å². The van der Waals surface area contributed by atoms with E-state index in [2.05, 4.69) is 47.1 Å². The maximum absolute atomic E-state index is 14.0. The van der Waals surface area contributed by atoms with Crippen molar-refractivity contribution in [3.05, 3.63) is 101 Å². The molecule has 0 N–H and O–H groups in total. The van der Waals surface area contributed by atoms with Gasteiger partial charge in [-0.05, 0) is 46.9 Å². The zero-order chi connectivity index (χ0) is 25.0. The molecule has 6 heteroatoms. The van der Waals surface area contributed by atoms with Crippen molar-refractivity contribution in [1.29, 1.82) is 0 Å². The van der Waals surface area contributed by atoms with Crippen molar-refractivity contribution in [3.8, 4) is 0 Å². The molecule has 3 aromatic carbocycles. The third-order valence-electron chi connectivity index (χ3n) is 7.84. The Morgan fingerprint density at radius 1 is 0.917 bits per heavy atom. The van der Waals surface area contributed by atoms with Crippen molar-refractivity contribution in [2.24, 2.45) is 11.8 Å². The fourth-order valence-electron chi connectivity index (χ4n) is 6.31. The number of amides is 2. The van der Waals surface area contributed by atoms with Gasteiger partial charge in [0.25, 0.3) is 0 Å². The number of imide groups is 1. The largest absolute Gasteiger partial charge is 0.462 e. The Morgan fingerprint density at radius 3 is 2.25 bits per heavy atom. The Hall–Kier alpha value is -3.25. The third-order valence-corrected chi connectivity index (χ3v) is 9.18. The minimum absolute atomic E-state index is 0.199. The van der Waals surface area contributed by atoms with Crippen LogP contribution in [0.4, 0.5) is 5.69 Å². The lowest BCUT2D eigenvalue weighted by molar-refractivity contribution is -0.122. The van der Waals surface area contributed by atoms with E-state index in [1.807, 2.05) is 24.3 Å². The number of carbonyl (C=O) groups excluding carboxylic acids is 3. The lowest BCUT2D eigenvalue weighted by Gasteiger charge is -2.51. The number of carbonyl (C=O) groups is 3. The fourth-order valence-corrected chi connectivity index (χ4v) is 7.51. The maximum atomic E-state index is 14.0. The van der Waals surface area contributed by atoms with Crippen LogP contribution in [-0.4, -0.2) is 24.4 Å². The second-order valence-electron chi connectivity index (χ2n) is 9.77. The molecule has 1 aliphatic heterocycles. The number of benzene rings is 3. The Balaban J connectivity index is 1.40. The van der Waals surface area contributed by atoms with Crippen molar-refractivity contribution >= 4 is 39.4 Å². The van der Waals surface area contributed by atoms with E-state index in [4.69, 9.17) is 4.74 Å². The van der Waals surface area contributed by atoms with Crippen LogP contribution >= 0.6 is 15.9 Å². The number of rotatable bonds is 6. The van der Waals surface area contributed by atoms with Crippen LogP contribution in [-0.2, 0) is 18.7 Å². The normalized spacial score (nSPS) is 25.4. The molecular weight excluding hydrogens is 518 g/mol. The number of hydrogen-bond acceptors (Lipinski definition) is 4. The topological polar surface area (TPSA) is 63.7 Å². The molecule has 2 amide bonds. The summed E-state index contributed by atoms with van der Waals surface area (Å²) in [5, 5.41) is 0. The van der Waals surface area contributed by atoms with Gasteiger partial charge in [-0.15, -0.1) is 0 Å². The van der Waals surface area contributed by atoms with Crippen molar-refractivity contribution in [3.63, 3.8) is 0 Å². The zero-order valence-electron chi connectivity index (χ0n) is 19.9. The summed E-state index contributed by atoms with van der Waals surface area (Å²) in [5.41, 5.74) is 5.00. The van der Waals surface area contributed by atoms with Gasteiger partial charge in [-0.25, -0.2) is 9.69 Å². The van der Waals surface area contributed by atoms with Crippen LogP contribution in [0.3, 0.4) is 0 Å². The predicted molar refractivity (Wildman–Crippen MR) is 140 cm³/mol. The SMILES string of the molecule is CCCCCOC(=O)c1cccc(N2C(=O)[C@@H]3[C@@H](C2=O)C2c4ccccc4C3(Br)c3ccccc32)c1. The van der Waals surface area contributed by atoms with E-state index >= 15 is 0 Å². The van der Waals surface area contributed by atoms with Crippen LogP contribution in [0.2, 0.25) is 0 Å². The van der Waals surface area contributed by atoms with Crippen LogP contribution in [0.1, 0.15) is 64.7 Å². The van der Waals surface area contributed by atoms with E-state index < -0.39 is 22.1 Å². The molecule has 0 aromatic heterocycles. The van der Waals surface area contributed by atoms with Crippen molar-refractivity contribution in [2.75, 3.05) is 11.5 Å². The molecule has 2 atom stereocenters. The quantitative estimate of drug-likeness (QED) is 0.167. The van der Waals surface area contributed by atoms with Gasteiger partial charge in [-0.2, -0.15) is 0 Å². The summed E-state index contributed by atoms with van der Waals surface area (Å²) in [6.07, 6.45) is 2.84. The monoisotopic (exact) mass is 543 g/mol. The third kappa shape index (κ3) is 3.16. The number of unbranched alkanes of at least 4 members (excludes halogenated alkanes) is 2. The number of alkyl halides is 1. The number of nitrogens with zero attached hydrogens (tertiary/aromatic N) is 1. The standard InChI is InChI=1S/C30H26BrNO4/c1-2-3-8-16-36-29(35)18-10-9-11-19(17-18)32-27(33)25-24-20-12-4-6-14-22(20)30(31,26(25)28(32)34)23-15-7-5-13-21(23)24/h4-7,9-15,17,24-26H,2-3,8,16H2,1H3/t24?,25-,26-,30?/m0/s1. The van der Waals surface area contributed by atoms with Gasteiger partial charge in [0, 0.05) is 5.92 Å². The maximum Gasteiger partial charge on any atom is 0.338 e. The first-order chi connectivity index (χ1) is 17.5. The van der Waals surface area contributed by atoms with Gasteiger partial charge < -0.3 is 4.74 Å². The van der Waals surface area contributed by atoms with E-state index in [1.54, 1.807) is 24.3 Å². The number of hydrogen-bond donors (Lipinski definition) is 0. The van der Waals surface area contributed by atoms with Crippen LogP contribution in [0.5, 0.6) is 0 Å². The van der Waals surface area contributed by atoms with Crippen molar-refractivity contribution < 1.29 is 19.1 Å². The van der Waals surface area contributed by atoms with E-state index in [1.165, 1.54) is 4.90 Å². The van der Waals surface area contributed by atoms with Crippen LogP contribution in [0.15, 0.2) is 72.8 Å². The second kappa shape index (κ2) is 8.70. The Kier molecular flexibility index (Phi) is 5.60. The second-order valence-corrected chi connectivity index (χ2v) is 11.0. The summed E-state index contributed by atoms with van der Waals surface area (Å²) < 4.78 is 4.61. The molecule has 3 aromatic rings. The zero-order valence-corrected chi connectivity index (χ0v) is 21.5. The van der Waals surface area contributed by atoms with Gasteiger partial charge in [-0.1, -0.05) is 90.3 Å². The molecule has 0 unspecified atom stereocenters. The van der Waals surface area contributed by atoms with E-state index in [-0.39, 0.29) is 17.7 Å². The Bertz CT molecular complexity index is 1350. The average molecular weight is 544 g/mol. The molecule has 2 bridgehead atoms. The summed E-state index contributed by atoms with van der Waals surface area (Å²) in [6, 6.07) is 22.8. The predicted octanol–water partition coefficient (Wildman–Crippen LogP) is 5.94. The van der Waals surface area contributed by atoms with E-state index in [0.717, 1.165) is 41.5 Å². The highest BCUT2D eigenvalue weighted by Gasteiger charge is 2.67. The summed E-state index contributed by atoms with van der Waals surface area (Å²) in [4.78, 5) is 42.0.